The van der Waals surface area contributed by atoms with Crippen LogP contribution in [0.1, 0.15) is 29.5 Å². The smallest absolute Gasteiger partial charge is 0.236 e. The van der Waals surface area contributed by atoms with Gasteiger partial charge >= 0.3 is 0 Å². The number of carbonyl (C=O) groups excluding carboxylic acids is 1. The van der Waals surface area contributed by atoms with Crippen molar-refractivity contribution in [3.05, 3.63) is 51.9 Å². The Balaban J connectivity index is 1.94. The summed E-state index contributed by atoms with van der Waals surface area (Å²) in [5.74, 6) is 0.839. The Bertz CT molecular complexity index is 663. The van der Waals surface area contributed by atoms with Gasteiger partial charge in [-0.2, -0.15) is 0 Å². The summed E-state index contributed by atoms with van der Waals surface area (Å²) in [6, 6.07) is 7.72. The van der Waals surface area contributed by atoms with Gasteiger partial charge in [0.15, 0.2) is 0 Å². The maximum atomic E-state index is 12.5. The Labute approximate surface area is 148 Å². The number of aromatic nitrogens is 1. The van der Waals surface area contributed by atoms with E-state index in [4.69, 9.17) is 16.1 Å². The first-order chi connectivity index (χ1) is 11.4. The number of benzene rings is 1. The minimum atomic E-state index is 0.0748. The van der Waals surface area contributed by atoms with E-state index in [0.717, 1.165) is 40.7 Å². The van der Waals surface area contributed by atoms with Crippen molar-refractivity contribution in [1.29, 1.82) is 0 Å². The number of halogens is 1. The predicted molar refractivity (Wildman–Crippen MR) is 94.9 cm³/mol. The molecule has 1 aromatic heterocycles. The minimum absolute atomic E-state index is 0.0748. The molecule has 0 radical (unpaired) electrons. The van der Waals surface area contributed by atoms with E-state index in [1.54, 1.807) is 4.90 Å². The zero-order valence-corrected chi connectivity index (χ0v) is 15.4. The molecule has 1 amide bonds. The normalized spacial score (nSPS) is 11.1. The number of hydrogen-bond donors (Lipinski definition) is 0. The highest BCUT2D eigenvalue weighted by Gasteiger charge is 2.17. The summed E-state index contributed by atoms with van der Waals surface area (Å²) in [7, 11) is 1.81. The summed E-state index contributed by atoms with van der Waals surface area (Å²) < 4.78 is 5.16. The average Bonchev–Trinajstić information content (AvgIpc) is 2.87. The maximum absolute atomic E-state index is 12.5. The zero-order valence-electron chi connectivity index (χ0n) is 14.7. The number of rotatable bonds is 7. The third kappa shape index (κ3) is 4.82. The molecule has 0 atom stereocenters. The van der Waals surface area contributed by atoms with E-state index in [0.29, 0.717) is 13.1 Å². The Morgan fingerprint density at radius 1 is 1.21 bits per heavy atom. The van der Waals surface area contributed by atoms with Crippen LogP contribution in [0, 0.1) is 13.8 Å². The Kier molecular flexibility index (Phi) is 6.40. The van der Waals surface area contributed by atoms with Crippen LogP contribution < -0.4 is 0 Å². The number of aryl methyl sites for hydroxylation is 2. The molecule has 0 unspecified atom stereocenters. The van der Waals surface area contributed by atoms with Crippen molar-refractivity contribution >= 4 is 17.5 Å². The highest BCUT2D eigenvalue weighted by atomic mass is 35.5. The van der Waals surface area contributed by atoms with Crippen LogP contribution in [0.5, 0.6) is 0 Å². The van der Waals surface area contributed by atoms with Crippen LogP contribution in [-0.2, 0) is 17.9 Å². The number of nitrogens with zero attached hydrogens (tertiary/aromatic N) is 3. The highest BCUT2D eigenvalue weighted by molar-refractivity contribution is 6.30. The van der Waals surface area contributed by atoms with Crippen molar-refractivity contribution in [2.75, 3.05) is 20.1 Å². The van der Waals surface area contributed by atoms with Crippen LogP contribution in [0.2, 0.25) is 5.02 Å². The first-order valence-corrected chi connectivity index (χ1v) is 8.41. The summed E-state index contributed by atoms with van der Waals surface area (Å²) in [5.41, 5.74) is 2.95. The summed E-state index contributed by atoms with van der Waals surface area (Å²) in [5, 5.41) is 4.65. The van der Waals surface area contributed by atoms with Crippen molar-refractivity contribution in [2.45, 2.75) is 33.9 Å². The predicted octanol–water partition coefficient (Wildman–Crippen LogP) is 3.43. The molecule has 0 aliphatic carbocycles. The fourth-order valence-corrected chi connectivity index (χ4v) is 2.62. The van der Waals surface area contributed by atoms with Gasteiger partial charge in [0.1, 0.15) is 5.76 Å². The summed E-state index contributed by atoms with van der Waals surface area (Å²) in [4.78, 5) is 16.3. The van der Waals surface area contributed by atoms with E-state index >= 15 is 0 Å². The van der Waals surface area contributed by atoms with Gasteiger partial charge in [-0.15, -0.1) is 0 Å². The molecule has 130 valence electrons. The monoisotopic (exact) mass is 349 g/mol. The summed E-state index contributed by atoms with van der Waals surface area (Å²) in [6.07, 6.45) is 0. The molecule has 2 rings (SSSR count). The first kappa shape index (κ1) is 18.5. The van der Waals surface area contributed by atoms with Gasteiger partial charge in [0.2, 0.25) is 5.91 Å². The zero-order chi connectivity index (χ0) is 17.7. The topological polar surface area (TPSA) is 49.6 Å². The van der Waals surface area contributed by atoms with E-state index in [-0.39, 0.29) is 5.91 Å². The molecule has 5 nitrogen and oxygen atoms in total. The second-order valence-corrected chi connectivity index (χ2v) is 6.42. The molecular formula is C18H24ClN3O2. The van der Waals surface area contributed by atoms with E-state index < -0.39 is 0 Å². The van der Waals surface area contributed by atoms with E-state index in [9.17, 15) is 4.79 Å². The van der Waals surface area contributed by atoms with Crippen molar-refractivity contribution in [3.63, 3.8) is 0 Å². The third-order valence-electron chi connectivity index (χ3n) is 4.13. The lowest BCUT2D eigenvalue weighted by Crippen LogP contribution is -2.37. The van der Waals surface area contributed by atoms with Gasteiger partial charge in [0.25, 0.3) is 0 Å². The lowest BCUT2D eigenvalue weighted by molar-refractivity contribution is -0.131. The Hall–Kier alpha value is -1.85. The second kappa shape index (κ2) is 8.31. The Morgan fingerprint density at radius 3 is 2.42 bits per heavy atom. The van der Waals surface area contributed by atoms with Crippen molar-refractivity contribution in [3.8, 4) is 0 Å². The largest absolute Gasteiger partial charge is 0.361 e. The van der Waals surface area contributed by atoms with Crippen LogP contribution in [0.25, 0.3) is 0 Å². The molecule has 24 heavy (non-hydrogen) atoms. The number of hydrogen-bond acceptors (Lipinski definition) is 4. The molecule has 0 spiro atoms. The molecule has 0 saturated heterocycles. The second-order valence-electron chi connectivity index (χ2n) is 5.98. The molecule has 1 aromatic carbocycles. The van der Waals surface area contributed by atoms with Gasteiger partial charge in [-0.05, 0) is 38.1 Å². The molecular weight excluding hydrogens is 326 g/mol. The van der Waals surface area contributed by atoms with Gasteiger partial charge < -0.3 is 9.42 Å². The average molecular weight is 350 g/mol. The van der Waals surface area contributed by atoms with Crippen LogP contribution >= 0.6 is 11.6 Å². The summed E-state index contributed by atoms with van der Waals surface area (Å²) in [6.45, 7) is 8.22. The lowest BCUT2D eigenvalue weighted by Gasteiger charge is -2.24. The summed E-state index contributed by atoms with van der Waals surface area (Å²) >= 11 is 5.91. The molecule has 0 saturated carbocycles. The molecule has 0 bridgehead atoms. The van der Waals surface area contributed by atoms with Crippen LogP contribution in [0.15, 0.2) is 28.8 Å². The van der Waals surface area contributed by atoms with E-state index in [1.807, 2.05) is 45.2 Å². The molecule has 0 N–H and O–H groups in total. The van der Waals surface area contributed by atoms with Gasteiger partial charge in [-0.1, -0.05) is 35.8 Å². The molecule has 1 heterocycles. The standard InChI is InChI=1S/C18H24ClN3O2/c1-5-22(10-15-6-8-16(19)9-7-15)12-18(23)21(4)11-17-13(2)20-24-14(17)3/h6-9H,5,10-12H2,1-4H3. The maximum Gasteiger partial charge on any atom is 0.236 e. The van der Waals surface area contributed by atoms with Gasteiger partial charge in [-0.3, -0.25) is 9.69 Å². The quantitative estimate of drug-likeness (QED) is 0.768. The Morgan fingerprint density at radius 2 is 1.88 bits per heavy atom. The van der Waals surface area contributed by atoms with E-state index in [2.05, 4.69) is 17.0 Å². The number of likely N-dealkylation sites (N-methyl/N-ethyl adjacent to an activating group) is 2. The van der Waals surface area contributed by atoms with Gasteiger partial charge in [-0.25, -0.2) is 0 Å². The van der Waals surface area contributed by atoms with Crippen LogP contribution in [-0.4, -0.2) is 41.0 Å². The molecule has 0 fully saturated rings. The molecule has 6 heteroatoms. The first-order valence-electron chi connectivity index (χ1n) is 8.03. The fourth-order valence-electron chi connectivity index (χ4n) is 2.49. The molecule has 2 aromatic rings. The minimum Gasteiger partial charge on any atom is -0.361 e. The van der Waals surface area contributed by atoms with Crippen LogP contribution in [0.4, 0.5) is 0 Å². The van der Waals surface area contributed by atoms with Crippen molar-refractivity contribution < 1.29 is 9.32 Å². The van der Waals surface area contributed by atoms with Gasteiger partial charge in [0.05, 0.1) is 18.8 Å². The fraction of sp³-hybridized carbons (Fsp3) is 0.444. The molecule has 0 aliphatic heterocycles. The molecule has 0 aliphatic rings. The van der Waals surface area contributed by atoms with Crippen molar-refractivity contribution in [1.82, 2.24) is 15.0 Å². The van der Waals surface area contributed by atoms with Gasteiger partial charge in [0, 0.05) is 24.2 Å². The van der Waals surface area contributed by atoms with Crippen LogP contribution in [0.3, 0.4) is 0 Å². The third-order valence-corrected chi connectivity index (χ3v) is 4.38. The number of carbonyl (C=O) groups is 1. The number of amides is 1. The highest BCUT2D eigenvalue weighted by Crippen LogP contribution is 2.15. The SMILES string of the molecule is CCN(CC(=O)N(C)Cc1c(C)noc1C)Cc1ccc(Cl)cc1. The van der Waals surface area contributed by atoms with Crippen molar-refractivity contribution in [2.24, 2.45) is 0 Å². The lowest BCUT2D eigenvalue weighted by atomic mass is 10.2. The van der Waals surface area contributed by atoms with E-state index in [1.165, 1.54) is 0 Å².